The lowest BCUT2D eigenvalue weighted by molar-refractivity contribution is 0.0872. The van der Waals surface area contributed by atoms with Gasteiger partial charge in [-0.15, -0.1) is 0 Å². The summed E-state index contributed by atoms with van der Waals surface area (Å²) in [6.07, 6.45) is 3.43. The topological polar surface area (TPSA) is 92.0 Å². The number of nitrogens with one attached hydrogen (secondary N) is 1. The van der Waals surface area contributed by atoms with Gasteiger partial charge in [-0.05, 0) is 26.8 Å². The van der Waals surface area contributed by atoms with Crippen LogP contribution >= 0.6 is 0 Å². The maximum atomic E-state index is 10.0. The average molecular weight is 291 g/mol. The van der Waals surface area contributed by atoms with E-state index in [2.05, 4.69) is 25.4 Å². The fourth-order valence-electron chi connectivity index (χ4n) is 1.89. The molecule has 0 atom stereocenters. The molecule has 0 unspecified atom stereocenters. The predicted molar refractivity (Wildman–Crippen MR) is 80.7 cm³/mol. The average Bonchev–Trinajstić information content (AvgIpc) is 2.97. The zero-order chi connectivity index (χ0) is 15.5. The fourth-order valence-corrected chi connectivity index (χ4v) is 1.89. The number of hydrogen-bond acceptors (Lipinski definition) is 7. The Kier molecular flexibility index (Phi) is 4.37. The van der Waals surface area contributed by atoms with E-state index in [9.17, 15) is 5.11 Å². The number of hydrogen-bond donors (Lipinski definition) is 2. The molecule has 0 aliphatic carbocycles. The van der Waals surface area contributed by atoms with Crippen molar-refractivity contribution in [3.63, 3.8) is 0 Å². The molecule has 0 aromatic carbocycles. The Labute approximate surface area is 123 Å². The molecule has 21 heavy (non-hydrogen) atoms. The van der Waals surface area contributed by atoms with Gasteiger partial charge in [0.1, 0.15) is 0 Å². The van der Waals surface area contributed by atoms with Crippen LogP contribution in [-0.2, 0) is 0 Å². The van der Waals surface area contributed by atoms with E-state index in [0.717, 1.165) is 0 Å². The molecule has 2 heterocycles. The molecule has 0 aliphatic heterocycles. The van der Waals surface area contributed by atoms with Crippen molar-refractivity contribution in [3.8, 4) is 5.95 Å². The second-order valence-corrected chi connectivity index (χ2v) is 5.29. The van der Waals surface area contributed by atoms with Gasteiger partial charge in [-0.3, -0.25) is 0 Å². The summed E-state index contributed by atoms with van der Waals surface area (Å²) in [6.45, 7) is 6.60. The quantitative estimate of drug-likeness (QED) is 0.809. The maximum Gasteiger partial charge on any atom is 0.257 e. The van der Waals surface area contributed by atoms with Gasteiger partial charge in [0, 0.05) is 32.5 Å². The standard InChI is InChI=1S/C13H21N7O/c1-5-19(9-13(2,3)21)11-16-10(14-4)17-12(18-11)20-8-6-7-15-20/h6-8,21H,5,9H2,1-4H3,(H,14,16,17,18). The lowest BCUT2D eigenvalue weighted by Crippen LogP contribution is -2.39. The summed E-state index contributed by atoms with van der Waals surface area (Å²) in [7, 11) is 1.75. The Morgan fingerprint density at radius 2 is 2.10 bits per heavy atom. The normalized spacial score (nSPS) is 11.5. The van der Waals surface area contributed by atoms with Crippen molar-refractivity contribution in [2.45, 2.75) is 26.4 Å². The third-order valence-electron chi connectivity index (χ3n) is 2.79. The van der Waals surface area contributed by atoms with Crippen LogP contribution in [0.2, 0.25) is 0 Å². The van der Waals surface area contributed by atoms with Crippen molar-refractivity contribution in [2.75, 3.05) is 30.4 Å². The minimum atomic E-state index is -0.839. The van der Waals surface area contributed by atoms with Crippen molar-refractivity contribution in [1.29, 1.82) is 0 Å². The summed E-state index contributed by atoms with van der Waals surface area (Å²) in [5, 5.41) is 17.1. The highest BCUT2D eigenvalue weighted by Crippen LogP contribution is 2.15. The molecule has 2 aromatic heterocycles. The van der Waals surface area contributed by atoms with E-state index in [1.54, 1.807) is 44.0 Å². The molecule has 0 radical (unpaired) electrons. The monoisotopic (exact) mass is 291 g/mol. The molecule has 2 N–H and O–H groups in total. The number of likely N-dealkylation sites (N-methyl/N-ethyl adjacent to an activating group) is 1. The first-order chi connectivity index (χ1) is 9.93. The van der Waals surface area contributed by atoms with Gasteiger partial charge < -0.3 is 15.3 Å². The number of nitrogens with zero attached hydrogens (tertiary/aromatic N) is 6. The number of rotatable bonds is 6. The Bertz CT molecular complexity index is 577. The Morgan fingerprint density at radius 1 is 1.33 bits per heavy atom. The Morgan fingerprint density at radius 3 is 2.62 bits per heavy atom. The van der Waals surface area contributed by atoms with Crippen molar-refractivity contribution in [1.82, 2.24) is 24.7 Å². The van der Waals surface area contributed by atoms with Gasteiger partial charge in [0.15, 0.2) is 0 Å². The van der Waals surface area contributed by atoms with E-state index >= 15 is 0 Å². The Balaban J connectivity index is 2.40. The molecule has 0 saturated heterocycles. The minimum Gasteiger partial charge on any atom is -0.389 e. The first kappa shape index (κ1) is 15.2. The minimum absolute atomic E-state index is 0.426. The summed E-state index contributed by atoms with van der Waals surface area (Å²) in [6, 6.07) is 1.80. The highest BCUT2D eigenvalue weighted by Gasteiger charge is 2.21. The summed E-state index contributed by atoms with van der Waals surface area (Å²) >= 11 is 0. The van der Waals surface area contributed by atoms with Crippen LogP contribution in [0.3, 0.4) is 0 Å². The first-order valence-corrected chi connectivity index (χ1v) is 6.84. The molecule has 0 saturated carbocycles. The van der Waals surface area contributed by atoms with Gasteiger partial charge in [0.05, 0.1) is 5.60 Å². The SMILES string of the molecule is CCN(CC(C)(C)O)c1nc(NC)nc(-n2cccn2)n1. The van der Waals surface area contributed by atoms with Gasteiger partial charge >= 0.3 is 0 Å². The molecular formula is C13H21N7O. The molecule has 2 aromatic rings. The smallest absolute Gasteiger partial charge is 0.257 e. The maximum absolute atomic E-state index is 10.0. The second kappa shape index (κ2) is 6.04. The molecule has 0 spiro atoms. The van der Waals surface area contributed by atoms with Crippen LogP contribution < -0.4 is 10.2 Å². The fraction of sp³-hybridized carbons (Fsp3) is 0.538. The van der Waals surface area contributed by atoms with Gasteiger partial charge in [0.2, 0.25) is 11.9 Å². The van der Waals surface area contributed by atoms with E-state index < -0.39 is 5.60 Å². The molecule has 8 heteroatoms. The van der Waals surface area contributed by atoms with Crippen LogP contribution in [0.4, 0.5) is 11.9 Å². The van der Waals surface area contributed by atoms with Gasteiger partial charge in [-0.25, -0.2) is 4.68 Å². The molecule has 0 fully saturated rings. The molecule has 0 bridgehead atoms. The zero-order valence-corrected chi connectivity index (χ0v) is 12.8. The number of aromatic nitrogens is 5. The largest absolute Gasteiger partial charge is 0.389 e. The van der Waals surface area contributed by atoms with E-state index in [-0.39, 0.29) is 0 Å². The molecular weight excluding hydrogens is 270 g/mol. The van der Waals surface area contributed by atoms with Gasteiger partial charge in [-0.1, -0.05) is 0 Å². The number of anilines is 2. The highest BCUT2D eigenvalue weighted by molar-refractivity contribution is 5.40. The van der Waals surface area contributed by atoms with E-state index in [1.165, 1.54) is 0 Å². The van der Waals surface area contributed by atoms with E-state index in [4.69, 9.17) is 0 Å². The second-order valence-electron chi connectivity index (χ2n) is 5.29. The van der Waals surface area contributed by atoms with Crippen LogP contribution in [0.5, 0.6) is 0 Å². The summed E-state index contributed by atoms with van der Waals surface area (Å²) in [4.78, 5) is 15.0. The van der Waals surface area contributed by atoms with E-state index in [1.807, 2.05) is 11.8 Å². The molecule has 0 aliphatic rings. The van der Waals surface area contributed by atoms with Crippen molar-refractivity contribution < 1.29 is 5.11 Å². The Hall–Kier alpha value is -2.22. The highest BCUT2D eigenvalue weighted by atomic mass is 16.3. The van der Waals surface area contributed by atoms with Gasteiger partial charge in [-0.2, -0.15) is 20.1 Å². The van der Waals surface area contributed by atoms with Crippen LogP contribution in [0.1, 0.15) is 20.8 Å². The first-order valence-electron chi connectivity index (χ1n) is 6.84. The molecule has 2 rings (SSSR count). The van der Waals surface area contributed by atoms with Gasteiger partial charge in [0.25, 0.3) is 5.95 Å². The predicted octanol–water partition coefficient (Wildman–Crippen LogP) is 0.696. The summed E-state index contributed by atoms with van der Waals surface area (Å²) in [5.41, 5.74) is -0.839. The lowest BCUT2D eigenvalue weighted by Gasteiger charge is -2.28. The van der Waals surface area contributed by atoms with Crippen molar-refractivity contribution >= 4 is 11.9 Å². The summed E-state index contributed by atoms with van der Waals surface area (Å²) in [5.74, 6) is 1.40. The van der Waals surface area contributed by atoms with Crippen LogP contribution in [0, 0.1) is 0 Å². The lowest BCUT2D eigenvalue weighted by atomic mass is 10.1. The van der Waals surface area contributed by atoms with E-state index in [0.29, 0.717) is 30.9 Å². The molecule has 8 nitrogen and oxygen atoms in total. The van der Waals surface area contributed by atoms with Crippen LogP contribution in [0.15, 0.2) is 18.5 Å². The zero-order valence-electron chi connectivity index (χ0n) is 12.8. The van der Waals surface area contributed by atoms with Crippen molar-refractivity contribution in [3.05, 3.63) is 18.5 Å². The van der Waals surface area contributed by atoms with Crippen molar-refractivity contribution in [2.24, 2.45) is 0 Å². The third-order valence-corrected chi connectivity index (χ3v) is 2.79. The van der Waals surface area contributed by atoms with Crippen LogP contribution in [-0.4, -0.2) is 55.6 Å². The number of aliphatic hydroxyl groups is 1. The summed E-state index contributed by atoms with van der Waals surface area (Å²) < 4.78 is 1.57. The van der Waals surface area contributed by atoms with Crippen LogP contribution in [0.25, 0.3) is 5.95 Å². The molecule has 0 amide bonds. The third kappa shape index (κ3) is 3.88. The molecule has 114 valence electrons.